The van der Waals surface area contributed by atoms with Gasteiger partial charge in [-0.25, -0.2) is 8.42 Å². The van der Waals surface area contributed by atoms with Crippen molar-refractivity contribution in [2.24, 2.45) is 0 Å². The van der Waals surface area contributed by atoms with Gasteiger partial charge in [-0.1, -0.05) is 42.8 Å². The van der Waals surface area contributed by atoms with E-state index in [0.29, 0.717) is 17.1 Å². The second kappa shape index (κ2) is 9.24. The normalized spacial score (nSPS) is 11.3. The molecule has 2 aromatic rings. The number of carbonyl (C=O) groups is 1. The molecule has 0 saturated heterocycles. The first kappa shape index (κ1) is 21.3. The first-order chi connectivity index (χ1) is 12.7. The Balaban J connectivity index is 2.02. The number of hydrogen-bond donors (Lipinski definition) is 1. The van der Waals surface area contributed by atoms with Gasteiger partial charge in [0.25, 0.3) is 0 Å². The minimum atomic E-state index is -3.47. The number of anilines is 2. The van der Waals surface area contributed by atoms with Crippen LogP contribution >= 0.6 is 11.6 Å². The lowest BCUT2D eigenvalue weighted by atomic mass is 10.1. The molecule has 5 nitrogen and oxygen atoms in total. The molecule has 1 amide bonds. The predicted molar refractivity (Wildman–Crippen MR) is 112 cm³/mol. The molecule has 0 saturated carbocycles. The van der Waals surface area contributed by atoms with Crippen LogP contribution in [0.15, 0.2) is 42.5 Å². The summed E-state index contributed by atoms with van der Waals surface area (Å²) < 4.78 is 25.5. The number of nitrogens with one attached hydrogen (secondary N) is 1. The molecule has 0 spiro atoms. The summed E-state index contributed by atoms with van der Waals surface area (Å²) in [6, 6.07) is 12.6. The zero-order valence-corrected chi connectivity index (χ0v) is 17.4. The van der Waals surface area contributed by atoms with E-state index in [1.165, 1.54) is 4.31 Å². The third-order valence-electron chi connectivity index (χ3n) is 4.27. The van der Waals surface area contributed by atoms with Crippen molar-refractivity contribution in [3.8, 4) is 0 Å². The van der Waals surface area contributed by atoms with Crippen LogP contribution in [-0.2, 0) is 21.2 Å². The number of benzene rings is 2. The van der Waals surface area contributed by atoms with Gasteiger partial charge in [0.15, 0.2) is 0 Å². The number of sulfonamides is 1. The summed E-state index contributed by atoms with van der Waals surface area (Å²) in [6.07, 6.45) is 2.60. The molecule has 2 rings (SSSR count). The summed E-state index contributed by atoms with van der Waals surface area (Å²) in [5, 5.41) is 3.43. The lowest BCUT2D eigenvalue weighted by Gasteiger charge is -2.22. The number of para-hydroxylation sites is 1. The van der Waals surface area contributed by atoms with Crippen LogP contribution in [0.3, 0.4) is 0 Å². The molecule has 0 aliphatic heterocycles. The van der Waals surface area contributed by atoms with E-state index >= 15 is 0 Å². The Labute approximate surface area is 166 Å². The van der Waals surface area contributed by atoms with Gasteiger partial charge in [-0.2, -0.15) is 0 Å². The maximum absolute atomic E-state index is 12.4. The number of amides is 1. The molecule has 146 valence electrons. The van der Waals surface area contributed by atoms with Crippen molar-refractivity contribution in [2.75, 3.05) is 22.4 Å². The quantitative estimate of drug-likeness (QED) is 0.704. The Kier molecular flexibility index (Phi) is 7.27. The Morgan fingerprint density at radius 3 is 2.52 bits per heavy atom. The summed E-state index contributed by atoms with van der Waals surface area (Å²) in [6.45, 7) is 4.21. The van der Waals surface area contributed by atoms with E-state index in [4.69, 9.17) is 11.6 Å². The smallest absolute Gasteiger partial charge is 0.232 e. The van der Waals surface area contributed by atoms with Crippen molar-refractivity contribution in [2.45, 2.75) is 33.1 Å². The molecule has 0 fully saturated rings. The standard InChI is InChI=1S/C20H25ClN2O3S/c1-4-16-9-5-8-15(2)20(16)22-19(24)12-7-13-23(27(3,25)26)18-11-6-10-17(21)14-18/h5-6,8-11,14H,4,7,12-13H2,1-3H3,(H,22,24). The maximum atomic E-state index is 12.4. The molecule has 0 bridgehead atoms. The highest BCUT2D eigenvalue weighted by Crippen LogP contribution is 2.23. The predicted octanol–water partition coefficient (Wildman–Crippen LogP) is 4.40. The van der Waals surface area contributed by atoms with Crippen LogP contribution in [-0.4, -0.2) is 27.1 Å². The van der Waals surface area contributed by atoms with Gasteiger partial charge in [0.2, 0.25) is 15.9 Å². The molecule has 0 radical (unpaired) electrons. The lowest BCUT2D eigenvalue weighted by Crippen LogP contribution is -2.31. The van der Waals surface area contributed by atoms with Crippen LogP contribution in [0.2, 0.25) is 5.02 Å². The molecule has 27 heavy (non-hydrogen) atoms. The van der Waals surface area contributed by atoms with E-state index in [-0.39, 0.29) is 18.9 Å². The molecular formula is C20H25ClN2O3S. The van der Waals surface area contributed by atoms with Gasteiger partial charge in [0.1, 0.15) is 0 Å². The fourth-order valence-electron chi connectivity index (χ4n) is 2.90. The first-order valence-corrected chi connectivity index (χ1v) is 11.1. The van der Waals surface area contributed by atoms with E-state index in [1.54, 1.807) is 24.3 Å². The fourth-order valence-corrected chi connectivity index (χ4v) is 4.05. The van der Waals surface area contributed by atoms with Crippen molar-refractivity contribution in [1.29, 1.82) is 0 Å². The molecular weight excluding hydrogens is 384 g/mol. The number of rotatable bonds is 8. The molecule has 7 heteroatoms. The lowest BCUT2D eigenvalue weighted by molar-refractivity contribution is -0.116. The topological polar surface area (TPSA) is 66.5 Å². The minimum absolute atomic E-state index is 0.126. The first-order valence-electron chi connectivity index (χ1n) is 8.84. The van der Waals surface area contributed by atoms with Crippen molar-refractivity contribution < 1.29 is 13.2 Å². The molecule has 0 unspecified atom stereocenters. The zero-order chi connectivity index (χ0) is 20.0. The molecule has 2 aromatic carbocycles. The van der Waals surface area contributed by atoms with E-state index in [2.05, 4.69) is 5.32 Å². The van der Waals surface area contributed by atoms with Gasteiger partial charge in [-0.05, 0) is 49.1 Å². The Morgan fingerprint density at radius 1 is 1.19 bits per heavy atom. The molecule has 0 aliphatic rings. The average Bonchev–Trinajstić information content (AvgIpc) is 2.59. The van der Waals surface area contributed by atoms with Gasteiger partial charge < -0.3 is 5.32 Å². The molecule has 0 heterocycles. The second-order valence-corrected chi connectivity index (χ2v) is 8.77. The largest absolute Gasteiger partial charge is 0.326 e. The number of hydrogen-bond acceptors (Lipinski definition) is 3. The van der Waals surface area contributed by atoms with Gasteiger partial charge >= 0.3 is 0 Å². The SMILES string of the molecule is CCc1cccc(C)c1NC(=O)CCCN(c1cccc(Cl)c1)S(C)(=O)=O. The summed E-state index contributed by atoms with van der Waals surface area (Å²) in [4.78, 5) is 12.4. The third-order valence-corrected chi connectivity index (χ3v) is 5.70. The second-order valence-electron chi connectivity index (χ2n) is 6.43. The zero-order valence-electron chi connectivity index (χ0n) is 15.8. The van der Waals surface area contributed by atoms with E-state index < -0.39 is 10.0 Å². The van der Waals surface area contributed by atoms with Crippen LogP contribution in [0, 0.1) is 6.92 Å². The Bertz CT molecular complexity index is 913. The molecule has 0 aliphatic carbocycles. The molecule has 0 atom stereocenters. The van der Waals surface area contributed by atoms with Crippen LogP contribution in [0.5, 0.6) is 0 Å². The highest BCUT2D eigenvalue weighted by atomic mass is 35.5. The van der Waals surface area contributed by atoms with E-state index in [0.717, 1.165) is 29.5 Å². The summed E-state index contributed by atoms with van der Waals surface area (Å²) in [5.41, 5.74) is 3.44. The van der Waals surface area contributed by atoms with Gasteiger partial charge in [-0.15, -0.1) is 0 Å². The Hall–Kier alpha value is -2.05. The number of carbonyl (C=O) groups excluding carboxylic acids is 1. The maximum Gasteiger partial charge on any atom is 0.232 e. The molecule has 1 N–H and O–H groups in total. The fraction of sp³-hybridized carbons (Fsp3) is 0.350. The highest BCUT2D eigenvalue weighted by molar-refractivity contribution is 7.92. The third kappa shape index (κ3) is 5.97. The number of halogens is 1. The Morgan fingerprint density at radius 2 is 1.89 bits per heavy atom. The van der Waals surface area contributed by atoms with Crippen molar-refractivity contribution in [3.63, 3.8) is 0 Å². The van der Waals surface area contributed by atoms with E-state index in [1.807, 2.05) is 32.0 Å². The minimum Gasteiger partial charge on any atom is -0.326 e. The molecule has 0 aromatic heterocycles. The number of aryl methyl sites for hydroxylation is 2. The summed E-state index contributed by atoms with van der Waals surface area (Å²) in [7, 11) is -3.47. The van der Waals surface area contributed by atoms with Crippen molar-refractivity contribution >= 4 is 38.9 Å². The summed E-state index contributed by atoms with van der Waals surface area (Å²) in [5.74, 6) is -0.126. The van der Waals surface area contributed by atoms with Crippen LogP contribution < -0.4 is 9.62 Å². The van der Waals surface area contributed by atoms with Crippen molar-refractivity contribution in [3.05, 3.63) is 58.6 Å². The summed E-state index contributed by atoms with van der Waals surface area (Å²) >= 11 is 5.97. The van der Waals surface area contributed by atoms with Crippen molar-refractivity contribution in [1.82, 2.24) is 0 Å². The van der Waals surface area contributed by atoms with Gasteiger partial charge in [0.05, 0.1) is 11.9 Å². The monoisotopic (exact) mass is 408 g/mol. The number of nitrogens with zero attached hydrogens (tertiary/aromatic N) is 1. The van der Waals surface area contributed by atoms with Gasteiger partial charge in [-0.3, -0.25) is 9.10 Å². The van der Waals surface area contributed by atoms with Crippen LogP contribution in [0.25, 0.3) is 0 Å². The van der Waals surface area contributed by atoms with Gasteiger partial charge in [0, 0.05) is 23.7 Å². The van der Waals surface area contributed by atoms with E-state index in [9.17, 15) is 13.2 Å². The average molecular weight is 409 g/mol. The highest BCUT2D eigenvalue weighted by Gasteiger charge is 2.18. The van der Waals surface area contributed by atoms with Crippen LogP contribution in [0.4, 0.5) is 11.4 Å². The van der Waals surface area contributed by atoms with Crippen LogP contribution in [0.1, 0.15) is 30.9 Å².